The van der Waals surface area contributed by atoms with Gasteiger partial charge in [-0.15, -0.1) is 6.58 Å². The number of fused-ring (bicyclic) bond motifs is 1. The van der Waals surface area contributed by atoms with Crippen molar-refractivity contribution in [3.8, 4) is 0 Å². The molecule has 1 amide bonds. The first kappa shape index (κ1) is 10.1. The molecule has 0 saturated carbocycles. The highest BCUT2D eigenvalue weighted by molar-refractivity contribution is 9.10. The summed E-state index contributed by atoms with van der Waals surface area (Å²) < 4.78 is 0.751. The first-order valence-corrected chi connectivity index (χ1v) is 5.21. The van der Waals surface area contributed by atoms with E-state index in [9.17, 15) is 9.59 Å². The Hall–Kier alpha value is -1.42. The van der Waals surface area contributed by atoms with Crippen LogP contribution in [-0.4, -0.2) is 18.2 Å². The van der Waals surface area contributed by atoms with Crippen LogP contribution in [0, 0.1) is 0 Å². The molecule has 2 rings (SSSR count). The summed E-state index contributed by atoms with van der Waals surface area (Å²) in [5.74, 6) is -0.940. The van der Waals surface area contributed by atoms with Crippen molar-refractivity contribution >= 4 is 33.3 Å². The van der Waals surface area contributed by atoms with Gasteiger partial charge < -0.3 is 0 Å². The Kier molecular flexibility index (Phi) is 2.44. The second kappa shape index (κ2) is 3.62. The van der Waals surface area contributed by atoms with Crippen molar-refractivity contribution in [3.63, 3.8) is 0 Å². The van der Waals surface area contributed by atoms with Crippen LogP contribution in [0.1, 0.15) is 10.4 Å². The van der Waals surface area contributed by atoms with Crippen molar-refractivity contribution in [3.05, 3.63) is 40.9 Å². The first-order chi connectivity index (χ1) is 7.16. The first-order valence-electron chi connectivity index (χ1n) is 4.42. The molecule has 4 heteroatoms. The topological polar surface area (TPSA) is 37.4 Å². The standard InChI is InChI=1S/C11H8BrNO2/c1-2-6-13-9-7(10(14)11(13)15)4-3-5-8(9)12/h2-5H,1,6H2. The molecule has 0 saturated heterocycles. The minimum Gasteiger partial charge on any atom is -0.300 e. The van der Waals surface area contributed by atoms with Crippen molar-refractivity contribution in [2.45, 2.75) is 0 Å². The van der Waals surface area contributed by atoms with Crippen molar-refractivity contribution in [2.75, 3.05) is 11.4 Å². The Labute approximate surface area is 95.5 Å². The van der Waals surface area contributed by atoms with Gasteiger partial charge in [-0.1, -0.05) is 12.1 Å². The summed E-state index contributed by atoms with van der Waals surface area (Å²) in [6, 6.07) is 5.20. The zero-order valence-corrected chi connectivity index (χ0v) is 9.45. The van der Waals surface area contributed by atoms with E-state index in [2.05, 4.69) is 22.5 Å². The van der Waals surface area contributed by atoms with Crippen LogP contribution in [0.3, 0.4) is 0 Å². The number of hydrogen-bond donors (Lipinski definition) is 0. The maximum atomic E-state index is 11.6. The number of carbonyl (C=O) groups excluding carboxylic acids is 2. The van der Waals surface area contributed by atoms with Gasteiger partial charge in [-0.3, -0.25) is 14.5 Å². The van der Waals surface area contributed by atoms with Crippen LogP contribution in [0.5, 0.6) is 0 Å². The van der Waals surface area contributed by atoms with Gasteiger partial charge in [0.15, 0.2) is 0 Å². The van der Waals surface area contributed by atoms with Crippen molar-refractivity contribution in [2.24, 2.45) is 0 Å². The molecule has 0 spiro atoms. The molecule has 0 aliphatic carbocycles. The maximum absolute atomic E-state index is 11.6. The number of ketones is 1. The Morgan fingerprint density at radius 3 is 2.80 bits per heavy atom. The monoisotopic (exact) mass is 265 g/mol. The predicted molar refractivity (Wildman–Crippen MR) is 61.0 cm³/mol. The smallest absolute Gasteiger partial charge is 0.299 e. The number of rotatable bonds is 2. The van der Waals surface area contributed by atoms with Crippen LogP contribution in [0.15, 0.2) is 35.3 Å². The zero-order valence-electron chi connectivity index (χ0n) is 7.87. The number of anilines is 1. The van der Waals surface area contributed by atoms with E-state index in [0.717, 1.165) is 4.47 Å². The maximum Gasteiger partial charge on any atom is 0.299 e. The summed E-state index contributed by atoms with van der Waals surface area (Å²) >= 11 is 3.33. The number of halogens is 1. The van der Waals surface area contributed by atoms with E-state index in [1.165, 1.54) is 4.90 Å². The van der Waals surface area contributed by atoms with Gasteiger partial charge in [0.2, 0.25) is 0 Å². The Bertz CT molecular complexity index is 468. The van der Waals surface area contributed by atoms with Crippen LogP contribution in [0.25, 0.3) is 0 Å². The minimum absolute atomic E-state index is 0.347. The average Bonchev–Trinajstić information content (AvgIpc) is 2.46. The summed E-state index contributed by atoms with van der Waals surface area (Å²) in [6.07, 6.45) is 1.60. The Morgan fingerprint density at radius 2 is 2.13 bits per heavy atom. The SMILES string of the molecule is C=CCN1C(=O)C(=O)c2cccc(Br)c21. The molecule has 0 bridgehead atoms. The Morgan fingerprint density at radius 1 is 1.40 bits per heavy atom. The van der Waals surface area contributed by atoms with Crippen molar-refractivity contribution < 1.29 is 9.59 Å². The molecule has 3 nitrogen and oxygen atoms in total. The molecule has 0 aromatic heterocycles. The Balaban J connectivity index is 2.61. The van der Waals surface area contributed by atoms with Crippen LogP contribution in [-0.2, 0) is 4.79 Å². The highest BCUT2D eigenvalue weighted by Gasteiger charge is 2.36. The molecular formula is C11H8BrNO2. The number of nitrogens with zero attached hydrogens (tertiary/aromatic N) is 1. The van der Waals surface area contributed by atoms with E-state index in [1.807, 2.05) is 0 Å². The molecule has 15 heavy (non-hydrogen) atoms. The quantitative estimate of drug-likeness (QED) is 0.607. The molecule has 0 fully saturated rings. The van der Waals surface area contributed by atoms with Crippen LogP contribution < -0.4 is 4.90 Å². The summed E-state index contributed by atoms with van der Waals surface area (Å²) in [4.78, 5) is 24.6. The number of hydrogen-bond acceptors (Lipinski definition) is 2. The van der Waals surface area contributed by atoms with E-state index in [4.69, 9.17) is 0 Å². The van der Waals surface area contributed by atoms with Crippen molar-refractivity contribution in [1.82, 2.24) is 0 Å². The molecule has 0 N–H and O–H groups in total. The van der Waals surface area contributed by atoms with E-state index < -0.39 is 11.7 Å². The van der Waals surface area contributed by atoms with E-state index in [0.29, 0.717) is 17.8 Å². The van der Waals surface area contributed by atoms with Gasteiger partial charge in [0.1, 0.15) is 0 Å². The number of benzene rings is 1. The average molecular weight is 266 g/mol. The molecule has 76 valence electrons. The van der Waals surface area contributed by atoms with Crippen LogP contribution in [0.4, 0.5) is 5.69 Å². The number of carbonyl (C=O) groups is 2. The molecule has 0 unspecified atom stereocenters. The highest BCUT2D eigenvalue weighted by Crippen LogP contribution is 2.35. The largest absolute Gasteiger partial charge is 0.300 e. The third-order valence-corrected chi connectivity index (χ3v) is 2.89. The highest BCUT2D eigenvalue weighted by atomic mass is 79.9. The van der Waals surface area contributed by atoms with Gasteiger partial charge >= 0.3 is 0 Å². The summed E-state index contributed by atoms with van der Waals surface area (Å²) in [5, 5.41) is 0. The fraction of sp³-hybridized carbons (Fsp3) is 0.0909. The normalized spacial score (nSPS) is 14.3. The third-order valence-electron chi connectivity index (χ3n) is 2.25. The fourth-order valence-corrected chi connectivity index (χ4v) is 2.20. The summed E-state index contributed by atoms with van der Waals surface area (Å²) in [5.41, 5.74) is 1.10. The van der Waals surface area contributed by atoms with E-state index >= 15 is 0 Å². The minimum atomic E-state index is -0.489. The molecular weight excluding hydrogens is 258 g/mol. The van der Waals surface area contributed by atoms with Crippen molar-refractivity contribution in [1.29, 1.82) is 0 Å². The molecule has 0 radical (unpaired) electrons. The lowest BCUT2D eigenvalue weighted by Crippen LogP contribution is -2.29. The number of amides is 1. The predicted octanol–water partition coefficient (Wildman–Crippen LogP) is 2.16. The van der Waals surface area contributed by atoms with Crippen LogP contribution >= 0.6 is 15.9 Å². The molecule has 1 aromatic rings. The van der Waals surface area contributed by atoms with Gasteiger partial charge in [0.05, 0.1) is 11.3 Å². The van der Waals surface area contributed by atoms with Gasteiger partial charge in [0, 0.05) is 11.0 Å². The van der Waals surface area contributed by atoms with Gasteiger partial charge in [-0.2, -0.15) is 0 Å². The summed E-state index contributed by atoms with van der Waals surface area (Å²) in [6.45, 7) is 3.91. The lowest BCUT2D eigenvalue weighted by molar-refractivity contribution is -0.114. The molecule has 0 atom stereocenters. The van der Waals surface area contributed by atoms with E-state index in [1.54, 1.807) is 24.3 Å². The second-order valence-electron chi connectivity index (χ2n) is 3.17. The summed E-state index contributed by atoms with van der Waals surface area (Å²) in [7, 11) is 0. The lowest BCUT2D eigenvalue weighted by atomic mass is 10.1. The zero-order chi connectivity index (χ0) is 11.0. The van der Waals surface area contributed by atoms with Gasteiger partial charge in [-0.05, 0) is 28.1 Å². The molecule has 1 heterocycles. The lowest BCUT2D eigenvalue weighted by Gasteiger charge is -2.14. The van der Waals surface area contributed by atoms with Gasteiger partial charge in [-0.25, -0.2) is 0 Å². The second-order valence-corrected chi connectivity index (χ2v) is 4.02. The molecule has 1 aliphatic rings. The number of para-hydroxylation sites is 1. The fourth-order valence-electron chi connectivity index (χ4n) is 1.62. The number of Topliss-reactive ketones (excluding diaryl/α,β-unsaturated/α-hetero) is 1. The molecule has 1 aliphatic heterocycles. The third kappa shape index (κ3) is 1.41. The van der Waals surface area contributed by atoms with Crippen LogP contribution in [0.2, 0.25) is 0 Å². The molecule has 1 aromatic carbocycles. The van der Waals surface area contributed by atoms with E-state index in [-0.39, 0.29) is 0 Å². The van der Waals surface area contributed by atoms with Gasteiger partial charge in [0.25, 0.3) is 11.7 Å².